The van der Waals surface area contributed by atoms with Gasteiger partial charge in [0.25, 0.3) is 0 Å². The van der Waals surface area contributed by atoms with Crippen LogP contribution in [0.25, 0.3) is 11.3 Å². The summed E-state index contributed by atoms with van der Waals surface area (Å²) in [5, 5.41) is 1.44. The molecule has 0 unspecified atom stereocenters. The molecule has 4 rings (SSSR count). The molecule has 122 valence electrons. The molecule has 0 aliphatic carbocycles. The Balaban J connectivity index is 1.82. The van der Waals surface area contributed by atoms with E-state index in [-0.39, 0.29) is 5.92 Å². The van der Waals surface area contributed by atoms with Crippen LogP contribution in [0.3, 0.4) is 0 Å². The van der Waals surface area contributed by atoms with Crippen LogP contribution in [0.5, 0.6) is 0 Å². The Bertz CT molecular complexity index is 873. The molecule has 1 atom stereocenters. The van der Waals surface area contributed by atoms with Crippen molar-refractivity contribution in [2.24, 2.45) is 0 Å². The number of fused-ring (bicyclic) bond motifs is 1. The predicted molar refractivity (Wildman–Crippen MR) is 98.8 cm³/mol. The highest BCUT2D eigenvalue weighted by Gasteiger charge is 2.27. The molecule has 2 aromatic carbocycles. The fraction of sp³-hybridized carbons (Fsp3) is 0.200. The van der Waals surface area contributed by atoms with Gasteiger partial charge in [-0.05, 0) is 54.1 Å². The summed E-state index contributed by atoms with van der Waals surface area (Å²) in [6.07, 6.45) is 1.70. The fourth-order valence-corrected chi connectivity index (χ4v) is 4.05. The average molecular weight is 358 g/mol. The molecule has 24 heavy (non-hydrogen) atoms. The van der Waals surface area contributed by atoms with E-state index in [4.69, 9.17) is 27.6 Å². The minimum Gasteiger partial charge on any atom is -0.464 e. The van der Waals surface area contributed by atoms with E-state index in [2.05, 4.69) is 42.3 Å². The van der Waals surface area contributed by atoms with Gasteiger partial charge in [-0.3, -0.25) is 0 Å². The smallest absolute Gasteiger partial charge is 0.133 e. The van der Waals surface area contributed by atoms with E-state index in [0.29, 0.717) is 5.02 Å². The number of hydrogen-bond acceptors (Lipinski definition) is 2. The zero-order valence-corrected chi connectivity index (χ0v) is 14.8. The maximum absolute atomic E-state index is 6.45. The summed E-state index contributed by atoms with van der Waals surface area (Å²) in [7, 11) is 2.12. The number of hydrogen-bond donors (Lipinski definition) is 0. The molecule has 3 aromatic rings. The number of nitrogens with zero attached hydrogens (tertiary/aromatic N) is 1. The average Bonchev–Trinajstić information content (AvgIpc) is 3.10. The lowest BCUT2D eigenvalue weighted by Gasteiger charge is -2.33. The summed E-state index contributed by atoms with van der Waals surface area (Å²) < 4.78 is 5.54. The van der Waals surface area contributed by atoms with Gasteiger partial charge < -0.3 is 9.32 Å². The Hall–Kier alpha value is -1.74. The first-order valence-electron chi connectivity index (χ1n) is 7.92. The Kier molecular flexibility index (Phi) is 4.13. The van der Waals surface area contributed by atoms with Crippen LogP contribution in [0.2, 0.25) is 10.0 Å². The fourth-order valence-electron chi connectivity index (χ4n) is 3.48. The Morgan fingerprint density at radius 1 is 1.08 bits per heavy atom. The third kappa shape index (κ3) is 2.86. The van der Waals surface area contributed by atoms with E-state index in [0.717, 1.165) is 29.4 Å². The Morgan fingerprint density at radius 3 is 2.75 bits per heavy atom. The predicted octanol–water partition coefficient (Wildman–Crippen LogP) is 5.83. The van der Waals surface area contributed by atoms with E-state index >= 15 is 0 Å². The van der Waals surface area contributed by atoms with Crippen LogP contribution in [0.4, 0.5) is 0 Å². The van der Waals surface area contributed by atoms with Gasteiger partial charge in [0.2, 0.25) is 0 Å². The van der Waals surface area contributed by atoms with Gasteiger partial charge in [0.1, 0.15) is 5.76 Å². The second kappa shape index (κ2) is 6.29. The van der Waals surface area contributed by atoms with Crippen molar-refractivity contribution in [3.05, 3.63) is 81.5 Å². The van der Waals surface area contributed by atoms with Gasteiger partial charge >= 0.3 is 0 Å². The molecule has 0 amide bonds. The molecule has 0 radical (unpaired) electrons. The van der Waals surface area contributed by atoms with Crippen LogP contribution < -0.4 is 0 Å². The molecule has 0 N–H and O–H groups in total. The molecule has 0 saturated carbocycles. The molecule has 2 heterocycles. The minimum atomic E-state index is 0.241. The first kappa shape index (κ1) is 15.8. The molecule has 2 nitrogen and oxygen atoms in total. The molecule has 0 spiro atoms. The van der Waals surface area contributed by atoms with Gasteiger partial charge in [0, 0.05) is 34.6 Å². The molecule has 0 saturated heterocycles. The summed E-state index contributed by atoms with van der Waals surface area (Å²) in [5.41, 5.74) is 4.72. The second-order valence-electron chi connectivity index (χ2n) is 6.31. The molecule has 0 fully saturated rings. The standard InChI is InChI=1S/C20H17Cl2NO/c1-23-11-17(16-9-15(21)10-19(22)18(16)12-23)13-4-2-5-14(8-13)20-6-3-7-24-20/h2-10,17H,11-12H2,1H3/t17-/m0/s1. The normalized spacial score (nSPS) is 17.7. The molecule has 1 aliphatic heterocycles. The van der Waals surface area contributed by atoms with Crippen molar-refractivity contribution in [2.75, 3.05) is 13.6 Å². The van der Waals surface area contributed by atoms with Crippen molar-refractivity contribution in [3.8, 4) is 11.3 Å². The lowest BCUT2D eigenvalue weighted by molar-refractivity contribution is 0.295. The van der Waals surface area contributed by atoms with E-state index < -0.39 is 0 Å². The lowest BCUT2D eigenvalue weighted by Crippen LogP contribution is -2.31. The minimum absolute atomic E-state index is 0.241. The maximum Gasteiger partial charge on any atom is 0.133 e. The molecular formula is C20H17Cl2NO. The van der Waals surface area contributed by atoms with Crippen LogP contribution in [-0.2, 0) is 6.54 Å². The molecule has 1 aliphatic rings. The van der Waals surface area contributed by atoms with Gasteiger partial charge in [-0.25, -0.2) is 0 Å². The van der Waals surface area contributed by atoms with E-state index in [9.17, 15) is 0 Å². The van der Waals surface area contributed by atoms with Gasteiger partial charge in [0.15, 0.2) is 0 Å². The number of likely N-dealkylation sites (N-methyl/N-ethyl adjacent to an activating group) is 1. The SMILES string of the molecule is CN1Cc2c(Cl)cc(Cl)cc2[C@H](c2cccc(-c3ccco3)c2)C1. The van der Waals surface area contributed by atoms with E-state index in [1.54, 1.807) is 6.26 Å². The summed E-state index contributed by atoms with van der Waals surface area (Å²) in [4.78, 5) is 2.30. The highest BCUT2D eigenvalue weighted by atomic mass is 35.5. The van der Waals surface area contributed by atoms with Crippen molar-refractivity contribution in [2.45, 2.75) is 12.5 Å². The summed E-state index contributed by atoms with van der Waals surface area (Å²) in [6, 6.07) is 16.3. The second-order valence-corrected chi connectivity index (χ2v) is 7.15. The van der Waals surface area contributed by atoms with Gasteiger partial charge in [-0.1, -0.05) is 41.4 Å². The molecule has 0 bridgehead atoms. The third-order valence-corrected chi connectivity index (χ3v) is 5.14. The third-order valence-electron chi connectivity index (χ3n) is 4.59. The van der Waals surface area contributed by atoms with Gasteiger partial charge in [0.05, 0.1) is 6.26 Å². The number of rotatable bonds is 2. The highest BCUT2D eigenvalue weighted by molar-refractivity contribution is 6.35. The Morgan fingerprint density at radius 2 is 1.96 bits per heavy atom. The molecular weight excluding hydrogens is 341 g/mol. The van der Waals surface area contributed by atoms with Gasteiger partial charge in [-0.15, -0.1) is 0 Å². The quantitative estimate of drug-likeness (QED) is 0.573. The molecule has 4 heteroatoms. The van der Waals surface area contributed by atoms with Crippen LogP contribution >= 0.6 is 23.2 Å². The summed E-state index contributed by atoms with van der Waals surface area (Å²) in [5.74, 6) is 1.12. The number of furan rings is 1. The first-order valence-corrected chi connectivity index (χ1v) is 8.67. The zero-order valence-electron chi connectivity index (χ0n) is 13.3. The zero-order chi connectivity index (χ0) is 16.7. The lowest BCUT2D eigenvalue weighted by atomic mass is 9.84. The number of benzene rings is 2. The van der Waals surface area contributed by atoms with Crippen molar-refractivity contribution in [1.29, 1.82) is 0 Å². The van der Waals surface area contributed by atoms with E-state index in [1.165, 1.54) is 16.7 Å². The van der Waals surface area contributed by atoms with Crippen LogP contribution in [0.15, 0.2) is 59.2 Å². The first-order chi connectivity index (χ1) is 11.6. The Labute approximate surface area is 151 Å². The summed E-state index contributed by atoms with van der Waals surface area (Å²) >= 11 is 12.7. The number of halogens is 2. The van der Waals surface area contributed by atoms with Crippen LogP contribution in [0, 0.1) is 0 Å². The maximum atomic E-state index is 6.45. The summed E-state index contributed by atoms with van der Waals surface area (Å²) in [6.45, 7) is 1.78. The monoisotopic (exact) mass is 357 g/mol. The van der Waals surface area contributed by atoms with Crippen molar-refractivity contribution in [3.63, 3.8) is 0 Å². The van der Waals surface area contributed by atoms with Crippen molar-refractivity contribution >= 4 is 23.2 Å². The highest BCUT2D eigenvalue weighted by Crippen LogP contribution is 2.39. The van der Waals surface area contributed by atoms with E-state index in [1.807, 2.05) is 18.2 Å². The topological polar surface area (TPSA) is 16.4 Å². The van der Waals surface area contributed by atoms with Crippen molar-refractivity contribution < 1.29 is 4.42 Å². The van der Waals surface area contributed by atoms with Crippen LogP contribution in [0.1, 0.15) is 22.6 Å². The largest absolute Gasteiger partial charge is 0.464 e. The van der Waals surface area contributed by atoms with Crippen LogP contribution in [-0.4, -0.2) is 18.5 Å². The van der Waals surface area contributed by atoms with Gasteiger partial charge in [-0.2, -0.15) is 0 Å². The van der Waals surface area contributed by atoms with Crippen molar-refractivity contribution in [1.82, 2.24) is 4.90 Å². The molecule has 1 aromatic heterocycles.